The standard InChI is InChI=1S/C17H25NO5/c1-5-9-22-14-8-7-13(10-15(14)21-4)17(20)23-11-16(19)18-12(3)6-2/h7-8,10,12H,5-6,9,11H2,1-4H3,(H,18,19)/t12-/m1/s1. The van der Waals surface area contributed by atoms with Crippen LogP contribution in [0.3, 0.4) is 0 Å². The van der Waals surface area contributed by atoms with E-state index in [2.05, 4.69) is 5.32 Å². The van der Waals surface area contributed by atoms with Crippen molar-refractivity contribution in [2.24, 2.45) is 0 Å². The van der Waals surface area contributed by atoms with Crippen molar-refractivity contribution >= 4 is 11.9 Å². The van der Waals surface area contributed by atoms with Crippen molar-refractivity contribution < 1.29 is 23.8 Å². The average molecular weight is 323 g/mol. The molecule has 1 aromatic rings. The number of carbonyl (C=O) groups is 2. The summed E-state index contributed by atoms with van der Waals surface area (Å²) in [6.45, 7) is 6.11. The van der Waals surface area contributed by atoms with Crippen LogP contribution in [0.1, 0.15) is 44.0 Å². The highest BCUT2D eigenvalue weighted by atomic mass is 16.5. The van der Waals surface area contributed by atoms with E-state index in [-0.39, 0.29) is 18.6 Å². The molecule has 1 atom stereocenters. The Hall–Kier alpha value is -2.24. The Morgan fingerprint density at radius 2 is 1.96 bits per heavy atom. The maximum Gasteiger partial charge on any atom is 0.338 e. The SMILES string of the molecule is CCCOc1ccc(C(=O)OCC(=O)N[C@H](C)CC)cc1OC. The first kappa shape index (κ1) is 18.8. The molecule has 0 heterocycles. The molecule has 0 radical (unpaired) electrons. The Morgan fingerprint density at radius 1 is 1.22 bits per heavy atom. The van der Waals surface area contributed by atoms with E-state index in [0.717, 1.165) is 12.8 Å². The summed E-state index contributed by atoms with van der Waals surface area (Å²) < 4.78 is 15.7. The van der Waals surface area contributed by atoms with Gasteiger partial charge in [-0.1, -0.05) is 13.8 Å². The van der Waals surface area contributed by atoms with E-state index < -0.39 is 5.97 Å². The predicted molar refractivity (Wildman–Crippen MR) is 87.0 cm³/mol. The van der Waals surface area contributed by atoms with Gasteiger partial charge in [-0.3, -0.25) is 4.79 Å². The fraction of sp³-hybridized carbons (Fsp3) is 0.529. The molecule has 0 bridgehead atoms. The first-order valence-corrected chi connectivity index (χ1v) is 7.79. The monoisotopic (exact) mass is 323 g/mol. The van der Waals surface area contributed by atoms with Gasteiger partial charge in [0.05, 0.1) is 19.3 Å². The fourth-order valence-corrected chi connectivity index (χ4v) is 1.76. The van der Waals surface area contributed by atoms with Gasteiger partial charge in [-0.15, -0.1) is 0 Å². The van der Waals surface area contributed by atoms with E-state index >= 15 is 0 Å². The largest absolute Gasteiger partial charge is 0.493 e. The van der Waals surface area contributed by atoms with Crippen LogP contribution in [0.2, 0.25) is 0 Å². The zero-order valence-electron chi connectivity index (χ0n) is 14.2. The molecule has 23 heavy (non-hydrogen) atoms. The Labute approximate surface area is 137 Å². The van der Waals surface area contributed by atoms with Crippen molar-refractivity contribution in [3.05, 3.63) is 23.8 Å². The van der Waals surface area contributed by atoms with E-state index in [1.807, 2.05) is 20.8 Å². The number of carbonyl (C=O) groups excluding carboxylic acids is 2. The van der Waals surface area contributed by atoms with Gasteiger partial charge in [-0.2, -0.15) is 0 Å². The number of methoxy groups -OCH3 is 1. The molecule has 1 amide bonds. The number of amides is 1. The summed E-state index contributed by atoms with van der Waals surface area (Å²) in [7, 11) is 1.50. The van der Waals surface area contributed by atoms with Crippen LogP contribution in [-0.4, -0.2) is 38.2 Å². The van der Waals surface area contributed by atoms with Gasteiger partial charge >= 0.3 is 5.97 Å². The van der Waals surface area contributed by atoms with Crippen molar-refractivity contribution in [2.75, 3.05) is 20.3 Å². The van der Waals surface area contributed by atoms with Gasteiger partial charge < -0.3 is 19.5 Å². The number of hydrogen-bond acceptors (Lipinski definition) is 5. The molecule has 1 rings (SSSR count). The summed E-state index contributed by atoms with van der Waals surface area (Å²) in [5.41, 5.74) is 0.307. The molecule has 0 fully saturated rings. The molecule has 1 N–H and O–H groups in total. The normalized spacial score (nSPS) is 11.5. The molecule has 0 aliphatic heterocycles. The maximum atomic E-state index is 12.0. The van der Waals surface area contributed by atoms with Gasteiger partial charge in [-0.25, -0.2) is 4.79 Å². The molecule has 0 saturated heterocycles. The number of esters is 1. The molecule has 0 unspecified atom stereocenters. The van der Waals surface area contributed by atoms with E-state index in [9.17, 15) is 9.59 Å². The molecule has 128 valence electrons. The minimum Gasteiger partial charge on any atom is -0.493 e. The Balaban J connectivity index is 2.64. The summed E-state index contributed by atoms with van der Waals surface area (Å²) in [6, 6.07) is 4.84. The molecule has 0 aliphatic carbocycles. The Bertz CT molecular complexity index is 530. The lowest BCUT2D eigenvalue weighted by molar-refractivity contribution is -0.124. The second-order valence-electron chi connectivity index (χ2n) is 5.17. The van der Waals surface area contributed by atoms with Crippen molar-refractivity contribution in [3.63, 3.8) is 0 Å². The number of hydrogen-bond donors (Lipinski definition) is 1. The van der Waals surface area contributed by atoms with Crippen LogP contribution in [0, 0.1) is 0 Å². The summed E-state index contributed by atoms with van der Waals surface area (Å²) in [5, 5.41) is 2.73. The van der Waals surface area contributed by atoms with E-state index in [0.29, 0.717) is 23.7 Å². The molecule has 0 aromatic heterocycles. The second kappa shape index (κ2) is 9.71. The van der Waals surface area contributed by atoms with Crippen LogP contribution in [0.5, 0.6) is 11.5 Å². The topological polar surface area (TPSA) is 73.9 Å². The van der Waals surface area contributed by atoms with Crippen molar-refractivity contribution in [3.8, 4) is 11.5 Å². The predicted octanol–water partition coefficient (Wildman–Crippen LogP) is 2.56. The zero-order valence-corrected chi connectivity index (χ0v) is 14.2. The highest BCUT2D eigenvalue weighted by Gasteiger charge is 2.14. The highest BCUT2D eigenvalue weighted by molar-refractivity contribution is 5.92. The van der Waals surface area contributed by atoms with Crippen LogP contribution >= 0.6 is 0 Å². The smallest absolute Gasteiger partial charge is 0.338 e. The Kier molecular flexibility index (Phi) is 7.94. The van der Waals surface area contributed by atoms with E-state index in [1.54, 1.807) is 18.2 Å². The highest BCUT2D eigenvalue weighted by Crippen LogP contribution is 2.28. The van der Waals surface area contributed by atoms with E-state index in [1.165, 1.54) is 7.11 Å². The van der Waals surface area contributed by atoms with Crippen molar-refractivity contribution in [2.45, 2.75) is 39.7 Å². The van der Waals surface area contributed by atoms with Gasteiger partial charge in [0, 0.05) is 6.04 Å². The fourth-order valence-electron chi connectivity index (χ4n) is 1.76. The average Bonchev–Trinajstić information content (AvgIpc) is 2.57. The van der Waals surface area contributed by atoms with Crippen LogP contribution < -0.4 is 14.8 Å². The first-order chi connectivity index (χ1) is 11.0. The Morgan fingerprint density at radius 3 is 2.57 bits per heavy atom. The number of ether oxygens (including phenoxy) is 3. The molecule has 0 aliphatic rings. The lowest BCUT2D eigenvalue weighted by Crippen LogP contribution is -2.35. The van der Waals surface area contributed by atoms with Crippen LogP contribution in [0.25, 0.3) is 0 Å². The van der Waals surface area contributed by atoms with Gasteiger partial charge in [-0.05, 0) is 38.0 Å². The van der Waals surface area contributed by atoms with Gasteiger partial charge in [0.2, 0.25) is 0 Å². The molecule has 1 aromatic carbocycles. The summed E-state index contributed by atoms with van der Waals surface area (Å²) in [4.78, 5) is 23.6. The molecular formula is C17H25NO5. The zero-order chi connectivity index (χ0) is 17.2. The summed E-state index contributed by atoms with van der Waals surface area (Å²) in [5.74, 6) is 0.129. The first-order valence-electron chi connectivity index (χ1n) is 7.79. The van der Waals surface area contributed by atoms with Crippen LogP contribution in [0.4, 0.5) is 0 Å². The third kappa shape index (κ3) is 6.18. The lowest BCUT2D eigenvalue weighted by atomic mass is 10.2. The molecular weight excluding hydrogens is 298 g/mol. The maximum absolute atomic E-state index is 12.0. The van der Waals surface area contributed by atoms with Crippen LogP contribution in [0.15, 0.2) is 18.2 Å². The molecule has 0 spiro atoms. The number of nitrogens with one attached hydrogen (secondary N) is 1. The minimum atomic E-state index is -0.579. The molecule has 6 heteroatoms. The second-order valence-corrected chi connectivity index (χ2v) is 5.17. The molecule has 6 nitrogen and oxygen atoms in total. The van der Waals surface area contributed by atoms with Gasteiger partial charge in [0.15, 0.2) is 18.1 Å². The number of benzene rings is 1. The van der Waals surface area contributed by atoms with Gasteiger partial charge in [0.1, 0.15) is 0 Å². The van der Waals surface area contributed by atoms with Crippen molar-refractivity contribution in [1.82, 2.24) is 5.32 Å². The number of rotatable bonds is 9. The van der Waals surface area contributed by atoms with E-state index in [4.69, 9.17) is 14.2 Å². The summed E-state index contributed by atoms with van der Waals surface area (Å²) >= 11 is 0. The summed E-state index contributed by atoms with van der Waals surface area (Å²) in [6.07, 6.45) is 1.69. The van der Waals surface area contributed by atoms with Crippen molar-refractivity contribution in [1.29, 1.82) is 0 Å². The lowest BCUT2D eigenvalue weighted by Gasteiger charge is -2.13. The minimum absolute atomic E-state index is 0.0521. The third-order valence-corrected chi connectivity index (χ3v) is 3.22. The molecule has 0 saturated carbocycles. The van der Waals surface area contributed by atoms with Crippen LogP contribution in [-0.2, 0) is 9.53 Å². The third-order valence-electron chi connectivity index (χ3n) is 3.22. The van der Waals surface area contributed by atoms with Gasteiger partial charge in [0.25, 0.3) is 5.91 Å². The quantitative estimate of drug-likeness (QED) is 0.707.